The Morgan fingerprint density at radius 1 is 1.31 bits per heavy atom. The Hall–Kier alpha value is -3.23. The molecule has 0 bridgehead atoms. The summed E-state index contributed by atoms with van der Waals surface area (Å²) in [4.78, 5) is 39.8. The first kappa shape index (κ1) is 17.6. The fourth-order valence-electron chi connectivity index (χ4n) is 3.19. The number of piperidine rings is 1. The van der Waals surface area contributed by atoms with Crippen LogP contribution in [-0.2, 0) is 4.79 Å². The largest absolute Gasteiger partial charge is 0.481 e. The number of amides is 1. The number of nitrogens with zero attached hydrogens (tertiary/aromatic N) is 4. The van der Waals surface area contributed by atoms with Gasteiger partial charge < -0.3 is 14.6 Å². The number of rotatable bonds is 5. The summed E-state index contributed by atoms with van der Waals surface area (Å²) in [5.41, 5.74) is 0.413. The van der Waals surface area contributed by atoms with E-state index in [0.717, 1.165) is 0 Å². The summed E-state index contributed by atoms with van der Waals surface area (Å²) in [5, 5.41) is 20.3. The molecule has 1 aliphatic heterocycles. The van der Waals surface area contributed by atoms with Crippen molar-refractivity contribution in [3.63, 3.8) is 0 Å². The van der Waals surface area contributed by atoms with Gasteiger partial charge in [0.2, 0.25) is 0 Å². The van der Waals surface area contributed by atoms with Crippen LogP contribution in [0.15, 0.2) is 36.9 Å². The van der Waals surface area contributed by atoms with Crippen molar-refractivity contribution in [1.29, 1.82) is 0 Å². The van der Waals surface area contributed by atoms with Gasteiger partial charge in [-0.25, -0.2) is 4.98 Å². The number of carbonyl (C=O) groups is 2. The van der Waals surface area contributed by atoms with E-state index < -0.39 is 10.9 Å². The van der Waals surface area contributed by atoms with Crippen molar-refractivity contribution in [1.82, 2.24) is 14.5 Å². The zero-order valence-electron chi connectivity index (χ0n) is 13.9. The lowest BCUT2D eigenvalue weighted by Gasteiger charge is -2.31. The van der Waals surface area contributed by atoms with Crippen LogP contribution in [0.4, 0.5) is 5.69 Å². The van der Waals surface area contributed by atoms with Gasteiger partial charge in [-0.3, -0.25) is 19.7 Å². The maximum atomic E-state index is 12.7. The van der Waals surface area contributed by atoms with Crippen molar-refractivity contribution >= 4 is 17.6 Å². The van der Waals surface area contributed by atoms with E-state index in [1.165, 1.54) is 29.2 Å². The second-order valence-electron chi connectivity index (χ2n) is 6.26. The van der Waals surface area contributed by atoms with Crippen LogP contribution in [-0.4, -0.2) is 49.4 Å². The number of likely N-dealkylation sites (tertiary alicyclic amines) is 1. The number of aromatic nitrogens is 2. The Balaban J connectivity index is 1.77. The van der Waals surface area contributed by atoms with Crippen molar-refractivity contribution < 1.29 is 19.6 Å². The fraction of sp³-hybridized carbons (Fsp3) is 0.353. The summed E-state index contributed by atoms with van der Waals surface area (Å²) in [5.74, 6) is -1.05. The van der Waals surface area contributed by atoms with Gasteiger partial charge in [0.25, 0.3) is 11.6 Å². The van der Waals surface area contributed by atoms with Crippen LogP contribution < -0.4 is 0 Å². The van der Waals surface area contributed by atoms with Gasteiger partial charge in [0.05, 0.1) is 11.3 Å². The fourth-order valence-corrected chi connectivity index (χ4v) is 3.19. The molecule has 1 aromatic carbocycles. The van der Waals surface area contributed by atoms with Gasteiger partial charge in [-0.15, -0.1) is 0 Å². The van der Waals surface area contributed by atoms with Crippen molar-refractivity contribution in [2.24, 2.45) is 5.92 Å². The molecular formula is C17H18N4O5. The molecule has 0 aliphatic carbocycles. The molecule has 26 heavy (non-hydrogen) atoms. The summed E-state index contributed by atoms with van der Waals surface area (Å²) in [6.07, 6.45) is 5.91. The normalized spacial score (nSPS) is 15.0. The molecule has 9 nitrogen and oxygen atoms in total. The average Bonchev–Trinajstić information content (AvgIpc) is 3.15. The number of imidazole rings is 1. The number of nitro groups is 1. The first-order valence-electron chi connectivity index (χ1n) is 8.23. The molecule has 0 spiro atoms. The van der Waals surface area contributed by atoms with E-state index in [4.69, 9.17) is 5.11 Å². The molecule has 1 fully saturated rings. The molecular weight excluding hydrogens is 340 g/mol. The smallest absolute Gasteiger partial charge is 0.303 e. The van der Waals surface area contributed by atoms with Crippen molar-refractivity contribution in [3.05, 3.63) is 52.6 Å². The Bertz CT molecular complexity index is 826. The van der Waals surface area contributed by atoms with Gasteiger partial charge in [0.15, 0.2) is 0 Å². The molecule has 136 valence electrons. The molecule has 3 rings (SSSR count). The first-order chi connectivity index (χ1) is 12.5. The third-order valence-corrected chi connectivity index (χ3v) is 4.57. The minimum atomic E-state index is -0.833. The maximum absolute atomic E-state index is 12.7. The van der Waals surface area contributed by atoms with Gasteiger partial charge in [-0.2, -0.15) is 0 Å². The van der Waals surface area contributed by atoms with Gasteiger partial charge in [0.1, 0.15) is 5.69 Å². The molecule has 1 saturated heterocycles. The van der Waals surface area contributed by atoms with Crippen molar-refractivity contribution in [3.8, 4) is 5.69 Å². The minimum Gasteiger partial charge on any atom is -0.481 e. The van der Waals surface area contributed by atoms with Crippen LogP contribution in [0.2, 0.25) is 0 Å². The van der Waals surface area contributed by atoms with Gasteiger partial charge in [-0.05, 0) is 30.9 Å². The summed E-state index contributed by atoms with van der Waals surface area (Å²) >= 11 is 0. The Labute approximate surface area is 149 Å². The molecule has 2 aromatic rings. The van der Waals surface area contributed by atoms with Crippen LogP contribution in [0.5, 0.6) is 0 Å². The number of carboxylic acid groups (broad SMARTS) is 1. The third kappa shape index (κ3) is 3.71. The molecule has 1 aliphatic rings. The van der Waals surface area contributed by atoms with Gasteiger partial charge in [0, 0.05) is 43.5 Å². The topological polar surface area (TPSA) is 119 Å². The second-order valence-corrected chi connectivity index (χ2v) is 6.26. The number of hydrogen-bond acceptors (Lipinski definition) is 5. The highest BCUT2D eigenvalue weighted by atomic mass is 16.6. The van der Waals surface area contributed by atoms with E-state index in [2.05, 4.69) is 4.98 Å². The first-order valence-corrected chi connectivity index (χ1v) is 8.23. The predicted molar refractivity (Wildman–Crippen MR) is 91.1 cm³/mol. The van der Waals surface area contributed by atoms with E-state index >= 15 is 0 Å². The van der Waals surface area contributed by atoms with Crippen LogP contribution >= 0.6 is 0 Å². The summed E-state index contributed by atoms with van der Waals surface area (Å²) in [6.45, 7) is 0.904. The Morgan fingerprint density at radius 3 is 2.62 bits per heavy atom. The molecule has 1 amide bonds. The summed E-state index contributed by atoms with van der Waals surface area (Å²) < 4.78 is 1.52. The Kier molecular flexibility index (Phi) is 4.97. The molecule has 1 aromatic heterocycles. The van der Waals surface area contributed by atoms with Crippen LogP contribution in [0.3, 0.4) is 0 Å². The number of aliphatic carboxylic acids is 1. The van der Waals surface area contributed by atoms with Gasteiger partial charge in [-0.1, -0.05) is 0 Å². The zero-order chi connectivity index (χ0) is 18.7. The monoisotopic (exact) mass is 358 g/mol. The highest BCUT2D eigenvalue weighted by Gasteiger charge is 2.26. The summed E-state index contributed by atoms with van der Waals surface area (Å²) in [6, 6.07) is 4.37. The van der Waals surface area contributed by atoms with Crippen molar-refractivity contribution in [2.75, 3.05) is 13.1 Å². The number of carbonyl (C=O) groups excluding carboxylic acids is 1. The van der Waals surface area contributed by atoms with E-state index in [-0.39, 0.29) is 29.5 Å². The minimum absolute atomic E-state index is 0.0644. The lowest BCUT2D eigenvalue weighted by Crippen LogP contribution is -2.38. The second kappa shape index (κ2) is 7.34. The van der Waals surface area contributed by atoms with Crippen LogP contribution in [0.1, 0.15) is 29.6 Å². The number of hydrogen-bond donors (Lipinski definition) is 1. The van der Waals surface area contributed by atoms with E-state index in [1.54, 1.807) is 17.2 Å². The highest BCUT2D eigenvalue weighted by molar-refractivity contribution is 5.95. The molecule has 0 saturated carbocycles. The summed E-state index contributed by atoms with van der Waals surface area (Å²) in [7, 11) is 0. The molecule has 0 unspecified atom stereocenters. The van der Waals surface area contributed by atoms with E-state index in [9.17, 15) is 19.7 Å². The predicted octanol–water partition coefficient (Wildman–Crippen LogP) is 2.11. The lowest BCUT2D eigenvalue weighted by atomic mass is 9.93. The standard InChI is InChI=1S/C17H18N4O5/c22-16(23)9-12-3-6-19(7-4-12)17(24)13-1-2-14(15(10-13)21(25)26)20-8-5-18-11-20/h1-2,5,8,10-12H,3-4,6-7,9H2,(H,22,23). The van der Waals surface area contributed by atoms with Gasteiger partial charge >= 0.3 is 5.97 Å². The van der Waals surface area contributed by atoms with E-state index in [1.807, 2.05) is 0 Å². The molecule has 0 radical (unpaired) electrons. The number of benzene rings is 1. The molecule has 2 heterocycles. The molecule has 1 N–H and O–H groups in total. The quantitative estimate of drug-likeness (QED) is 0.646. The highest BCUT2D eigenvalue weighted by Crippen LogP contribution is 2.26. The van der Waals surface area contributed by atoms with Crippen LogP contribution in [0.25, 0.3) is 5.69 Å². The molecule has 9 heteroatoms. The average molecular weight is 358 g/mol. The molecule has 0 atom stereocenters. The van der Waals surface area contributed by atoms with Crippen LogP contribution in [0, 0.1) is 16.0 Å². The third-order valence-electron chi connectivity index (χ3n) is 4.57. The number of nitro benzene ring substituents is 1. The SMILES string of the molecule is O=C(O)CC1CCN(C(=O)c2ccc(-n3ccnc3)c([N+](=O)[O-])c2)CC1. The number of carboxylic acids is 1. The maximum Gasteiger partial charge on any atom is 0.303 e. The van der Waals surface area contributed by atoms with Crippen molar-refractivity contribution in [2.45, 2.75) is 19.3 Å². The zero-order valence-corrected chi connectivity index (χ0v) is 13.9. The Morgan fingerprint density at radius 2 is 2.04 bits per heavy atom. The van der Waals surface area contributed by atoms with E-state index in [0.29, 0.717) is 31.6 Å². The lowest BCUT2D eigenvalue weighted by molar-refractivity contribution is -0.384.